The molecule has 132 valence electrons. The maximum atomic E-state index is 12.8. The maximum Gasteiger partial charge on any atom is 0.315 e. The van der Waals surface area contributed by atoms with E-state index < -0.39 is 17.7 Å². The van der Waals surface area contributed by atoms with Gasteiger partial charge < -0.3 is 9.80 Å². The summed E-state index contributed by atoms with van der Waals surface area (Å²) in [5, 5.41) is 1.32. The lowest BCUT2D eigenvalue weighted by atomic mass is 9.81. The molecule has 1 fully saturated rings. The molecule has 1 unspecified atom stereocenters. The molecule has 4 nitrogen and oxygen atoms in total. The van der Waals surface area contributed by atoms with Gasteiger partial charge in [0.15, 0.2) is 5.13 Å². The van der Waals surface area contributed by atoms with E-state index in [1.807, 2.05) is 17.0 Å². The molecule has 0 bridgehead atoms. The minimum Gasteiger partial charge on any atom is -0.337 e. The first-order valence-corrected chi connectivity index (χ1v) is 9.23. The summed E-state index contributed by atoms with van der Waals surface area (Å²) >= 11 is 13.5. The molecular formula is C16H13Cl2F2N3OS. The van der Waals surface area contributed by atoms with Crippen molar-refractivity contribution in [3.63, 3.8) is 0 Å². The Morgan fingerprint density at radius 1 is 1.32 bits per heavy atom. The number of anilines is 2. The van der Waals surface area contributed by atoms with E-state index in [0.717, 1.165) is 16.4 Å². The molecule has 1 atom stereocenters. The fourth-order valence-corrected chi connectivity index (χ4v) is 4.82. The highest BCUT2D eigenvalue weighted by Crippen LogP contribution is 2.50. The Morgan fingerprint density at radius 2 is 2.12 bits per heavy atom. The van der Waals surface area contributed by atoms with Crippen molar-refractivity contribution in [2.45, 2.75) is 18.3 Å². The van der Waals surface area contributed by atoms with Crippen molar-refractivity contribution in [1.82, 2.24) is 9.88 Å². The third-order valence-corrected chi connectivity index (χ3v) is 6.20. The van der Waals surface area contributed by atoms with Gasteiger partial charge >= 0.3 is 6.43 Å². The Morgan fingerprint density at radius 3 is 2.80 bits per heavy atom. The standard InChI is InChI=1S/C16H13Cl2F2N3OS/c17-9-1-2-11-10(5-9)16(3-4-22(7-16)14(24)13(19)20)8-23(11)15-21-6-12(18)25-15/h1-2,5-6,13H,3-4,7-8H2. The van der Waals surface area contributed by atoms with E-state index in [-0.39, 0.29) is 6.54 Å². The van der Waals surface area contributed by atoms with Gasteiger partial charge in [-0.05, 0) is 30.2 Å². The Hall–Kier alpha value is -1.44. The third-order valence-electron chi connectivity index (χ3n) is 4.83. The number of likely N-dealkylation sites (tertiary alicyclic amines) is 1. The Kier molecular flexibility index (Phi) is 4.13. The number of halogens is 4. The smallest absolute Gasteiger partial charge is 0.315 e. The van der Waals surface area contributed by atoms with Gasteiger partial charge in [0.05, 0.1) is 6.20 Å². The van der Waals surface area contributed by atoms with E-state index in [4.69, 9.17) is 23.2 Å². The van der Waals surface area contributed by atoms with E-state index in [2.05, 4.69) is 4.98 Å². The van der Waals surface area contributed by atoms with Crippen LogP contribution in [0.4, 0.5) is 19.6 Å². The number of carbonyl (C=O) groups is 1. The molecule has 2 aliphatic heterocycles. The van der Waals surface area contributed by atoms with E-state index in [1.54, 1.807) is 12.3 Å². The second kappa shape index (κ2) is 6.07. The zero-order chi connectivity index (χ0) is 17.8. The summed E-state index contributed by atoms with van der Waals surface area (Å²) in [6.07, 6.45) is -0.790. The number of thiazole rings is 1. The largest absolute Gasteiger partial charge is 0.337 e. The van der Waals surface area contributed by atoms with Gasteiger partial charge in [0.2, 0.25) is 0 Å². The van der Waals surface area contributed by atoms with Gasteiger partial charge in [-0.15, -0.1) is 0 Å². The normalized spacial score (nSPS) is 22.3. The minimum atomic E-state index is -2.98. The van der Waals surface area contributed by atoms with Crippen LogP contribution in [0.15, 0.2) is 24.4 Å². The second-order valence-electron chi connectivity index (χ2n) is 6.29. The van der Waals surface area contributed by atoms with Gasteiger partial charge in [0.25, 0.3) is 5.91 Å². The fourth-order valence-electron chi connectivity index (χ4n) is 3.73. The minimum absolute atomic E-state index is 0.249. The number of fused-ring (bicyclic) bond motifs is 2. The SMILES string of the molecule is O=C(C(F)F)N1CCC2(C1)CN(c1ncc(Cl)s1)c1ccc(Cl)cc12. The maximum absolute atomic E-state index is 12.8. The molecule has 2 aliphatic rings. The first-order chi connectivity index (χ1) is 11.9. The van der Waals surface area contributed by atoms with Crippen LogP contribution in [0, 0.1) is 0 Å². The molecular weight excluding hydrogens is 391 g/mol. The first kappa shape index (κ1) is 17.0. The second-order valence-corrected chi connectivity index (χ2v) is 8.36. The summed E-state index contributed by atoms with van der Waals surface area (Å²) in [6, 6.07) is 5.56. The molecule has 0 saturated carbocycles. The topological polar surface area (TPSA) is 36.4 Å². The summed E-state index contributed by atoms with van der Waals surface area (Å²) in [7, 11) is 0. The Labute approximate surface area is 157 Å². The van der Waals surface area contributed by atoms with Crippen LogP contribution in [0.25, 0.3) is 0 Å². The van der Waals surface area contributed by atoms with Gasteiger partial charge in [-0.3, -0.25) is 4.79 Å². The molecule has 25 heavy (non-hydrogen) atoms. The monoisotopic (exact) mass is 403 g/mol. The van der Waals surface area contributed by atoms with Gasteiger partial charge in [-0.25, -0.2) is 4.98 Å². The molecule has 3 heterocycles. The number of rotatable bonds is 2. The van der Waals surface area contributed by atoms with Crippen molar-refractivity contribution in [3.8, 4) is 0 Å². The van der Waals surface area contributed by atoms with Gasteiger partial charge in [0.1, 0.15) is 4.34 Å². The van der Waals surface area contributed by atoms with Crippen molar-refractivity contribution in [2.75, 3.05) is 24.5 Å². The number of hydrogen-bond acceptors (Lipinski definition) is 4. The number of alkyl halides is 2. The van der Waals surface area contributed by atoms with E-state index in [1.165, 1.54) is 16.2 Å². The molecule has 4 rings (SSSR count). The number of benzene rings is 1. The number of aromatic nitrogens is 1. The van der Waals surface area contributed by atoms with Crippen LogP contribution in [-0.4, -0.2) is 41.9 Å². The summed E-state index contributed by atoms with van der Waals surface area (Å²) in [4.78, 5) is 19.3. The molecule has 2 aromatic rings. The predicted molar refractivity (Wildman–Crippen MR) is 94.5 cm³/mol. The molecule has 1 saturated heterocycles. The Balaban J connectivity index is 1.73. The number of hydrogen-bond donors (Lipinski definition) is 0. The van der Waals surface area contributed by atoms with Crippen LogP contribution in [0.2, 0.25) is 9.36 Å². The lowest BCUT2D eigenvalue weighted by Gasteiger charge is -2.25. The highest BCUT2D eigenvalue weighted by molar-refractivity contribution is 7.19. The summed E-state index contributed by atoms with van der Waals surface area (Å²) in [5.41, 5.74) is 1.47. The van der Waals surface area contributed by atoms with Crippen molar-refractivity contribution in [2.24, 2.45) is 0 Å². The average Bonchev–Trinajstić information content (AvgIpc) is 3.26. The number of carbonyl (C=O) groups excluding carboxylic acids is 1. The summed E-state index contributed by atoms with van der Waals surface area (Å²) in [6.45, 7) is 1.11. The molecule has 0 N–H and O–H groups in total. The van der Waals surface area contributed by atoms with Crippen LogP contribution in [0.1, 0.15) is 12.0 Å². The van der Waals surface area contributed by atoms with Crippen LogP contribution >= 0.6 is 34.5 Å². The van der Waals surface area contributed by atoms with E-state index in [0.29, 0.717) is 28.9 Å². The predicted octanol–water partition coefficient (Wildman–Crippen LogP) is 4.34. The van der Waals surface area contributed by atoms with Crippen molar-refractivity contribution in [3.05, 3.63) is 39.3 Å². The van der Waals surface area contributed by atoms with Crippen LogP contribution < -0.4 is 4.90 Å². The highest BCUT2D eigenvalue weighted by Gasteiger charge is 2.50. The Bertz CT molecular complexity index is 847. The quantitative estimate of drug-likeness (QED) is 0.748. The first-order valence-electron chi connectivity index (χ1n) is 7.65. The van der Waals surface area contributed by atoms with Gasteiger partial charge in [0, 0.05) is 35.8 Å². The molecule has 0 radical (unpaired) electrons. The van der Waals surface area contributed by atoms with Crippen LogP contribution in [-0.2, 0) is 10.2 Å². The molecule has 1 aromatic carbocycles. The molecule has 1 spiro atoms. The van der Waals surface area contributed by atoms with Gasteiger partial charge in [-0.2, -0.15) is 8.78 Å². The number of nitrogens with zero attached hydrogens (tertiary/aromatic N) is 3. The van der Waals surface area contributed by atoms with Crippen molar-refractivity contribution < 1.29 is 13.6 Å². The van der Waals surface area contributed by atoms with Crippen molar-refractivity contribution >= 4 is 51.3 Å². The number of amides is 1. The van der Waals surface area contributed by atoms with Gasteiger partial charge in [-0.1, -0.05) is 34.5 Å². The zero-order valence-electron chi connectivity index (χ0n) is 12.9. The molecule has 0 aliphatic carbocycles. The molecule has 1 amide bonds. The summed E-state index contributed by atoms with van der Waals surface area (Å²) in [5.74, 6) is -1.11. The lowest BCUT2D eigenvalue weighted by molar-refractivity contribution is -0.141. The summed E-state index contributed by atoms with van der Waals surface area (Å²) < 4.78 is 26.2. The van der Waals surface area contributed by atoms with E-state index >= 15 is 0 Å². The molecule has 9 heteroatoms. The van der Waals surface area contributed by atoms with Crippen molar-refractivity contribution in [1.29, 1.82) is 0 Å². The van der Waals surface area contributed by atoms with E-state index in [9.17, 15) is 13.6 Å². The lowest BCUT2D eigenvalue weighted by Crippen LogP contribution is -2.39. The van der Waals surface area contributed by atoms with Crippen LogP contribution in [0.5, 0.6) is 0 Å². The third kappa shape index (κ3) is 2.78. The molecule has 1 aromatic heterocycles. The average molecular weight is 404 g/mol. The fraction of sp³-hybridized carbons (Fsp3) is 0.375. The zero-order valence-corrected chi connectivity index (χ0v) is 15.2. The van der Waals surface area contributed by atoms with Crippen LogP contribution in [0.3, 0.4) is 0 Å². The highest BCUT2D eigenvalue weighted by atomic mass is 35.5.